The predicted molar refractivity (Wildman–Crippen MR) is 128 cm³/mol. The van der Waals surface area contributed by atoms with E-state index in [0.717, 1.165) is 36.0 Å². The fourth-order valence-electron chi connectivity index (χ4n) is 8.54. The van der Waals surface area contributed by atoms with Crippen molar-refractivity contribution >= 4 is 0 Å². The lowest BCUT2D eigenvalue weighted by atomic mass is 9.46. The Balaban J connectivity index is 1.52. The van der Waals surface area contributed by atoms with E-state index in [1.54, 1.807) is 5.57 Å². The van der Waals surface area contributed by atoms with Gasteiger partial charge in [0.15, 0.2) is 0 Å². The number of hydrogen-bond donors (Lipinski definition) is 1. The molecule has 0 bridgehead atoms. The first-order valence-corrected chi connectivity index (χ1v) is 13.1. The second-order valence-electron chi connectivity index (χ2n) is 12.7. The summed E-state index contributed by atoms with van der Waals surface area (Å²) in [6.45, 7) is 19.3. The minimum absolute atomic E-state index is 0.0840. The summed E-state index contributed by atoms with van der Waals surface area (Å²) in [6, 6.07) is 0. The van der Waals surface area contributed by atoms with Crippen molar-refractivity contribution < 1.29 is 5.11 Å². The maximum absolute atomic E-state index is 10.5. The Morgan fingerprint density at radius 1 is 1.07 bits per heavy atom. The van der Waals surface area contributed by atoms with Gasteiger partial charge in [-0.05, 0) is 110 Å². The Morgan fingerprint density at radius 2 is 1.73 bits per heavy atom. The van der Waals surface area contributed by atoms with Gasteiger partial charge in [-0.1, -0.05) is 65.3 Å². The number of aliphatic hydroxyl groups excluding tert-OH is 1. The van der Waals surface area contributed by atoms with Gasteiger partial charge in [-0.25, -0.2) is 0 Å². The summed E-state index contributed by atoms with van der Waals surface area (Å²) < 4.78 is 0. The number of allylic oxidation sites excluding steroid dienone is 3. The molecule has 0 radical (unpaired) electrons. The molecular formula is C29H48O. The van der Waals surface area contributed by atoms with Crippen molar-refractivity contribution in [3.05, 3.63) is 23.8 Å². The van der Waals surface area contributed by atoms with Crippen molar-refractivity contribution in [1.82, 2.24) is 0 Å². The van der Waals surface area contributed by atoms with Gasteiger partial charge in [-0.15, -0.1) is 0 Å². The minimum atomic E-state index is -0.0840. The Hall–Kier alpha value is -0.560. The van der Waals surface area contributed by atoms with Crippen LogP contribution in [-0.4, -0.2) is 11.2 Å². The SMILES string of the molecule is C=C(CCC(C)C(C)C)[C@H]1CC[C@H]2C3=CC[C@H]4[C@H](C)[C@@H](O)CC[C@]4(C)[C@H]3CC[C@]12C. The first-order chi connectivity index (χ1) is 14.1. The molecule has 170 valence electrons. The van der Waals surface area contributed by atoms with Crippen molar-refractivity contribution in [2.75, 3.05) is 0 Å². The van der Waals surface area contributed by atoms with Gasteiger partial charge in [0.1, 0.15) is 0 Å². The van der Waals surface area contributed by atoms with Gasteiger partial charge < -0.3 is 5.11 Å². The van der Waals surface area contributed by atoms with Gasteiger partial charge in [0.25, 0.3) is 0 Å². The molecule has 0 amide bonds. The maximum Gasteiger partial charge on any atom is 0.0568 e. The third kappa shape index (κ3) is 3.46. The normalized spacial score (nSPS) is 46.6. The van der Waals surface area contributed by atoms with Crippen LogP contribution in [0.4, 0.5) is 0 Å². The standard InChI is InChI=1S/C29H48O/c1-18(2)19(3)8-9-20(4)23-12-13-25-22-10-11-24-21(5)27(30)15-17-29(24,7)26(22)14-16-28(23,25)6/h10,18-19,21,23-27,30H,4,8-9,11-17H2,1-3,5-7H3/t19?,21-,23+,24-,25-,26-,27-,28+,29-/m0/s1. The van der Waals surface area contributed by atoms with Gasteiger partial charge >= 0.3 is 0 Å². The molecule has 30 heavy (non-hydrogen) atoms. The first kappa shape index (κ1) is 22.6. The summed E-state index contributed by atoms with van der Waals surface area (Å²) >= 11 is 0. The molecule has 4 rings (SSSR count). The highest BCUT2D eigenvalue weighted by Crippen LogP contribution is 2.67. The Bertz CT molecular complexity index is 688. The van der Waals surface area contributed by atoms with Gasteiger partial charge in [-0.3, -0.25) is 0 Å². The summed E-state index contributed by atoms with van der Waals surface area (Å²) in [4.78, 5) is 0. The lowest BCUT2D eigenvalue weighted by Gasteiger charge is -2.59. The van der Waals surface area contributed by atoms with E-state index >= 15 is 0 Å². The fourth-order valence-corrected chi connectivity index (χ4v) is 8.54. The number of rotatable bonds is 5. The molecule has 3 saturated carbocycles. The van der Waals surface area contributed by atoms with Crippen LogP contribution in [-0.2, 0) is 0 Å². The molecule has 1 N–H and O–H groups in total. The fraction of sp³-hybridized carbons (Fsp3) is 0.862. The Morgan fingerprint density at radius 3 is 2.43 bits per heavy atom. The molecule has 0 spiro atoms. The molecule has 9 atom stereocenters. The molecule has 0 aromatic rings. The van der Waals surface area contributed by atoms with Gasteiger partial charge in [0.05, 0.1) is 6.10 Å². The summed E-state index contributed by atoms with van der Waals surface area (Å²) in [5, 5.41) is 10.5. The Kier molecular flexibility index (Phi) is 6.10. The summed E-state index contributed by atoms with van der Waals surface area (Å²) in [5.74, 6) is 4.96. The molecular weight excluding hydrogens is 364 g/mol. The zero-order valence-corrected chi connectivity index (χ0v) is 20.7. The maximum atomic E-state index is 10.5. The number of aliphatic hydroxyl groups is 1. The molecule has 0 saturated heterocycles. The van der Waals surface area contributed by atoms with Crippen LogP contribution in [0.5, 0.6) is 0 Å². The molecule has 4 aliphatic rings. The third-order valence-electron chi connectivity index (χ3n) is 11.1. The monoisotopic (exact) mass is 412 g/mol. The van der Waals surface area contributed by atoms with Gasteiger partial charge in [-0.2, -0.15) is 0 Å². The van der Waals surface area contributed by atoms with E-state index in [1.807, 2.05) is 5.57 Å². The second-order valence-corrected chi connectivity index (χ2v) is 12.7. The van der Waals surface area contributed by atoms with Crippen LogP contribution in [0.15, 0.2) is 23.8 Å². The van der Waals surface area contributed by atoms with Crippen molar-refractivity contribution in [1.29, 1.82) is 0 Å². The zero-order valence-electron chi connectivity index (χ0n) is 20.7. The zero-order chi connectivity index (χ0) is 21.8. The lowest BCUT2D eigenvalue weighted by molar-refractivity contribution is -0.0752. The summed E-state index contributed by atoms with van der Waals surface area (Å²) in [6.07, 6.45) is 14.0. The molecule has 0 aliphatic heterocycles. The van der Waals surface area contributed by atoms with E-state index in [9.17, 15) is 5.11 Å². The van der Waals surface area contributed by atoms with E-state index in [0.29, 0.717) is 22.7 Å². The van der Waals surface area contributed by atoms with E-state index in [2.05, 4.69) is 54.2 Å². The first-order valence-electron chi connectivity index (χ1n) is 13.1. The second kappa shape index (κ2) is 8.09. The topological polar surface area (TPSA) is 20.2 Å². The van der Waals surface area contributed by atoms with Gasteiger partial charge in [0, 0.05) is 0 Å². The quantitative estimate of drug-likeness (QED) is 0.457. The average Bonchev–Trinajstić information content (AvgIpc) is 3.06. The molecule has 1 nitrogen and oxygen atoms in total. The summed E-state index contributed by atoms with van der Waals surface area (Å²) in [5.41, 5.74) is 4.23. The van der Waals surface area contributed by atoms with Crippen LogP contribution < -0.4 is 0 Å². The molecule has 1 unspecified atom stereocenters. The van der Waals surface area contributed by atoms with Crippen LogP contribution in [0.3, 0.4) is 0 Å². The average molecular weight is 413 g/mol. The smallest absolute Gasteiger partial charge is 0.0568 e. The van der Waals surface area contributed by atoms with E-state index in [4.69, 9.17) is 0 Å². The van der Waals surface area contributed by atoms with Crippen LogP contribution in [0.2, 0.25) is 0 Å². The lowest BCUT2D eigenvalue weighted by Crippen LogP contribution is -2.52. The van der Waals surface area contributed by atoms with E-state index in [1.165, 1.54) is 51.4 Å². The minimum Gasteiger partial charge on any atom is -0.393 e. The van der Waals surface area contributed by atoms with Crippen LogP contribution in [0.1, 0.15) is 99.3 Å². The molecule has 0 aromatic carbocycles. The Labute approximate surface area is 186 Å². The largest absolute Gasteiger partial charge is 0.393 e. The highest BCUT2D eigenvalue weighted by Gasteiger charge is 2.58. The van der Waals surface area contributed by atoms with Crippen molar-refractivity contribution in [3.8, 4) is 0 Å². The summed E-state index contributed by atoms with van der Waals surface area (Å²) in [7, 11) is 0. The van der Waals surface area contributed by atoms with Crippen LogP contribution >= 0.6 is 0 Å². The highest BCUT2D eigenvalue weighted by molar-refractivity contribution is 5.30. The van der Waals surface area contributed by atoms with E-state index < -0.39 is 0 Å². The number of fused-ring (bicyclic) bond motifs is 5. The van der Waals surface area contributed by atoms with Crippen molar-refractivity contribution in [3.63, 3.8) is 0 Å². The predicted octanol–water partition coefficient (Wildman–Crippen LogP) is 7.80. The molecule has 0 aromatic heterocycles. The molecule has 3 fully saturated rings. The van der Waals surface area contributed by atoms with Crippen molar-refractivity contribution in [2.45, 2.75) is 105 Å². The molecule has 4 aliphatic carbocycles. The third-order valence-corrected chi connectivity index (χ3v) is 11.1. The number of hydrogen-bond acceptors (Lipinski definition) is 1. The molecule has 1 heteroatoms. The molecule has 0 heterocycles. The van der Waals surface area contributed by atoms with Crippen LogP contribution in [0.25, 0.3) is 0 Å². The van der Waals surface area contributed by atoms with E-state index in [-0.39, 0.29) is 6.10 Å². The highest BCUT2D eigenvalue weighted by atomic mass is 16.3. The van der Waals surface area contributed by atoms with Crippen LogP contribution in [0, 0.1) is 52.3 Å². The van der Waals surface area contributed by atoms with Gasteiger partial charge in [0.2, 0.25) is 0 Å². The van der Waals surface area contributed by atoms with Crippen molar-refractivity contribution in [2.24, 2.45) is 52.3 Å².